The first kappa shape index (κ1) is 23.1. The van der Waals surface area contributed by atoms with E-state index >= 15 is 0 Å². The van der Waals surface area contributed by atoms with Crippen LogP contribution in [0, 0.1) is 0 Å². The molecule has 7 nitrogen and oxygen atoms in total. The number of nitrogens with zero attached hydrogens (tertiary/aromatic N) is 1. The lowest BCUT2D eigenvalue weighted by molar-refractivity contribution is -0.145. The van der Waals surface area contributed by atoms with Crippen molar-refractivity contribution in [1.82, 2.24) is 4.90 Å². The number of fused-ring (bicyclic) bond motifs is 3. The molecule has 1 aliphatic carbocycles. The fourth-order valence-corrected chi connectivity index (χ4v) is 3.97. The second kappa shape index (κ2) is 10.6. The Morgan fingerprint density at radius 2 is 1.66 bits per heavy atom. The minimum atomic E-state index is -1.15. The molecule has 1 unspecified atom stereocenters. The van der Waals surface area contributed by atoms with E-state index in [1.807, 2.05) is 48.5 Å². The molecular weight excluding hydrogens is 410 g/mol. The van der Waals surface area contributed by atoms with Gasteiger partial charge in [0.15, 0.2) is 0 Å². The third-order valence-corrected chi connectivity index (χ3v) is 5.60. The van der Waals surface area contributed by atoms with Crippen molar-refractivity contribution in [2.24, 2.45) is 0 Å². The molecule has 1 N–H and O–H groups in total. The van der Waals surface area contributed by atoms with E-state index in [2.05, 4.69) is 6.58 Å². The summed E-state index contributed by atoms with van der Waals surface area (Å²) < 4.78 is 10.4. The molecule has 0 spiro atoms. The van der Waals surface area contributed by atoms with Crippen LogP contribution in [0.25, 0.3) is 11.1 Å². The Morgan fingerprint density at radius 3 is 2.22 bits per heavy atom. The largest absolute Gasteiger partial charge is 0.480 e. The second-order valence-electron chi connectivity index (χ2n) is 7.63. The van der Waals surface area contributed by atoms with Crippen LogP contribution in [0.15, 0.2) is 61.2 Å². The number of ether oxygens (including phenoxy) is 2. The fourth-order valence-electron chi connectivity index (χ4n) is 3.97. The zero-order chi connectivity index (χ0) is 23.1. The van der Waals surface area contributed by atoms with Gasteiger partial charge >= 0.3 is 18.0 Å². The quantitative estimate of drug-likeness (QED) is 0.442. The van der Waals surface area contributed by atoms with Crippen molar-refractivity contribution in [2.45, 2.75) is 31.2 Å². The number of carbonyl (C=O) groups is 3. The minimum Gasteiger partial charge on any atom is -0.480 e. The van der Waals surface area contributed by atoms with E-state index in [4.69, 9.17) is 9.47 Å². The van der Waals surface area contributed by atoms with Gasteiger partial charge in [0, 0.05) is 19.4 Å². The molecule has 0 saturated carbocycles. The smallest absolute Gasteiger partial charge is 0.410 e. The number of aliphatic carboxylic acids is 1. The first-order valence-electron chi connectivity index (χ1n) is 10.5. The maximum atomic E-state index is 12.6. The van der Waals surface area contributed by atoms with Crippen molar-refractivity contribution in [3.05, 3.63) is 72.3 Å². The number of hydrogen-bond donors (Lipinski definition) is 1. The molecule has 0 aromatic heterocycles. The lowest BCUT2D eigenvalue weighted by Crippen LogP contribution is -2.43. The Balaban J connectivity index is 1.60. The Kier molecular flexibility index (Phi) is 7.65. The predicted molar refractivity (Wildman–Crippen MR) is 119 cm³/mol. The van der Waals surface area contributed by atoms with Gasteiger partial charge in [-0.15, -0.1) is 0 Å². The van der Waals surface area contributed by atoms with Gasteiger partial charge in [-0.25, -0.2) is 9.59 Å². The van der Waals surface area contributed by atoms with E-state index in [1.54, 1.807) is 0 Å². The van der Waals surface area contributed by atoms with E-state index in [0.717, 1.165) is 27.2 Å². The van der Waals surface area contributed by atoms with Crippen molar-refractivity contribution in [1.29, 1.82) is 0 Å². The Bertz CT molecular complexity index is 956. The molecule has 2 aromatic rings. The molecule has 0 fully saturated rings. The van der Waals surface area contributed by atoms with Crippen LogP contribution in [0.3, 0.4) is 0 Å². The molecule has 3 rings (SSSR count). The molecule has 1 amide bonds. The Morgan fingerprint density at radius 1 is 1.06 bits per heavy atom. The van der Waals surface area contributed by atoms with Crippen LogP contribution >= 0.6 is 0 Å². The minimum absolute atomic E-state index is 0.0656. The summed E-state index contributed by atoms with van der Waals surface area (Å²) in [5.74, 6) is -1.69. The van der Waals surface area contributed by atoms with Gasteiger partial charge in [0.1, 0.15) is 19.3 Å². The van der Waals surface area contributed by atoms with Crippen LogP contribution in [0.1, 0.15) is 36.3 Å². The molecule has 0 bridgehead atoms. The van der Waals surface area contributed by atoms with Crippen molar-refractivity contribution in [3.63, 3.8) is 0 Å². The topological polar surface area (TPSA) is 93.1 Å². The van der Waals surface area contributed by atoms with Crippen molar-refractivity contribution < 1.29 is 29.0 Å². The summed E-state index contributed by atoms with van der Waals surface area (Å²) >= 11 is 0. The Hall–Kier alpha value is -3.61. The first-order valence-corrected chi connectivity index (χ1v) is 10.5. The van der Waals surface area contributed by atoms with Gasteiger partial charge < -0.3 is 14.6 Å². The number of carboxylic acid groups (broad SMARTS) is 1. The number of rotatable bonds is 10. The number of carbonyl (C=O) groups excluding carboxylic acids is 2. The highest BCUT2D eigenvalue weighted by Crippen LogP contribution is 2.44. The molecule has 0 saturated heterocycles. The average molecular weight is 437 g/mol. The van der Waals surface area contributed by atoms with Crippen molar-refractivity contribution in [2.75, 3.05) is 20.3 Å². The average Bonchev–Trinajstić information content (AvgIpc) is 3.12. The molecule has 0 heterocycles. The number of hydrogen-bond acceptors (Lipinski definition) is 5. The van der Waals surface area contributed by atoms with Crippen molar-refractivity contribution in [3.8, 4) is 11.1 Å². The van der Waals surface area contributed by atoms with Gasteiger partial charge in [0.2, 0.25) is 0 Å². The summed E-state index contributed by atoms with van der Waals surface area (Å²) in [5, 5.41) is 9.56. The molecule has 0 aliphatic heterocycles. The van der Waals surface area contributed by atoms with E-state index in [1.165, 1.54) is 13.1 Å². The molecular formula is C25H27NO6. The van der Waals surface area contributed by atoms with E-state index in [0.29, 0.717) is 0 Å². The van der Waals surface area contributed by atoms with Gasteiger partial charge in [-0.3, -0.25) is 9.69 Å². The number of carboxylic acids is 1. The van der Waals surface area contributed by atoms with Crippen LogP contribution in [-0.4, -0.2) is 54.3 Å². The highest BCUT2D eigenvalue weighted by Gasteiger charge is 2.31. The van der Waals surface area contributed by atoms with Crippen LogP contribution in [0.4, 0.5) is 4.79 Å². The highest BCUT2D eigenvalue weighted by atomic mass is 16.6. The van der Waals surface area contributed by atoms with Crippen molar-refractivity contribution >= 4 is 18.0 Å². The zero-order valence-electron chi connectivity index (χ0n) is 18.0. The third kappa shape index (κ3) is 5.17. The second-order valence-corrected chi connectivity index (χ2v) is 7.63. The van der Waals surface area contributed by atoms with Gasteiger partial charge in [-0.2, -0.15) is 0 Å². The molecule has 0 radical (unpaired) electrons. The monoisotopic (exact) mass is 437 g/mol. The summed E-state index contributed by atoms with van der Waals surface area (Å²) in [4.78, 5) is 37.0. The highest BCUT2D eigenvalue weighted by molar-refractivity contribution is 5.81. The standard InChI is InChI=1S/C25H27NO6/c1-3-15-31-23(27)14-8-13-22(24(28)29)26(2)25(30)32-16-21-19-11-6-4-9-17(19)18-10-5-7-12-20(18)21/h3-7,9-12,21-22H,1,8,13-16H2,2H3,(H,28,29). The zero-order valence-corrected chi connectivity index (χ0v) is 18.0. The van der Waals surface area contributed by atoms with Gasteiger partial charge in [0.05, 0.1) is 0 Å². The van der Waals surface area contributed by atoms with E-state index < -0.39 is 24.1 Å². The summed E-state index contributed by atoms with van der Waals surface area (Å²) in [6, 6.07) is 14.9. The van der Waals surface area contributed by atoms with Crippen LogP contribution in [0.2, 0.25) is 0 Å². The summed E-state index contributed by atoms with van der Waals surface area (Å²) in [6.45, 7) is 3.69. The first-order chi connectivity index (χ1) is 15.4. The third-order valence-electron chi connectivity index (χ3n) is 5.60. The molecule has 2 aromatic carbocycles. The predicted octanol–water partition coefficient (Wildman–Crippen LogP) is 4.22. The van der Waals surface area contributed by atoms with Gasteiger partial charge in [-0.05, 0) is 35.1 Å². The van der Waals surface area contributed by atoms with Crippen LogP contribution < -0.4 is 0 Å². The SMILES string of the molecule is C=CCOC(=O)CCCC(C(=O)O)N(C)C(=O)OCC1c2ccccc2-c2ccccc21. The normalized spacial score (nSPS) is 12.9. The number of benzene rings is 2. The summed E-state index contributed by atoms with van der Waals surface area (Å²) in [5.41, 5.74) is 4.39. The summed E-state index contributed by atoms with van der Waals surface area (Å²) in [7, 11) is 1.40. The van der Waals surface area contributed by atoms with E-state index in [9.17, 15) is 19.5 Å². The number of amides is 1. The van der Waals surface area contributed by atoms with E-state index in [-0.39, 0.29) is 38.4 Å². The Labute approximate surface area is 187 Å². The number of likely N-dealkylation sites (N-methyl/N-ethyl adjacent to an activating group) is 1. The lowest BCUT2D eigenvalue weighted by atomic mass is 9.98. The molecule has 1 aliphatic rings. The fraction of sp³-hybridized carbons (Fsp3) is 0.320. The molecule has 32 heavy (non-hydrogen) atoms. The summed E-state index contributed by atoms with van der Waals surface area (Å²) in [6.07, 6.45) is 1.19. The van der Waals surface area contributed by atoms with Gasteiger partial charge in [0.25, 0.3) is 0 Å². The molecule has 7 heteroatoms. The van der Waals surface area contributed by atoms with Crippen LogP contribution in [0.5, 0.6) is 0 Å². The molecule has 168 valence electrons. The molecule has 1 atom stereocenters. The maximum absolute atomic E-state index is 12.6. The van der Waals surface area contributed by atoms with Crippen LogP contribution in [-0.2, 0) is 19.1 Å². The lowest BCUT2D eigenvalue weighted by Gasteiger charge is -2.25. The number of esters is 1. The van der Waals surface area contributed by atoms with Gasteiger partial charge in [-0.1, -0.05) is 61.2 Å². The maximum Gasteiger partial charge on any atom is 0.410 e.